The van der Waals surface area contributed by atoms with E-state index >= 15 is 0 Å². The molecule has 0 aliphatic carbocycles. The molecule has 1 saturated heterocycles. The molecule has 0 radical (unpaired) electrons. The number of sulfonamides is 1. The van der Waals surface area contributed by atoms with Gasteiger partial charge in [0.2, 0.25) is 21.8 Å². The fourth-order valence-corrected chi connectivity index (χ4v) is 4.44. The summed E-state index contributed by atoms with van der Waals surface area (Å²) in [7, 11) is -3.51. The number of nitrogens with zero attached hydrogens (tertiary/aromatic N) is 1. The molecule has 28 heavy (non-hydrogen) atoms. The summed E-state index contributed by atoms with van der Waals surface area (Å²) in [5.74, 6) is 0.0566. The summed E-state index contributed by atoms with van der Waals surface area (Å²) in [5.41, 5.74) is 1.26. The lowest BCUT2D eigenvalue weighted by Crippen LogP contribution is -2.44. The molecule has 0 bridgehead atoms. The maximum Gasteiger partial charge on any atom is 0.289 e. The molecule has 1 heterocycles. The van der Waals surface area contributed by atoms with Crippen LogP contribution < -0.4 is 10.0 Å². The fourth-order valence-electron chi connectivity index (χ4n) is 2.42. The lowest BCUT2D eigenvalue weighted by molar-refractivity contribution is -0.125. The van der Waals surface area contributed by atoms with Crippen molar-refractivity contribution in [3.8, 4) is 0 Å². The highest BCUT2D eigenvalue weighted by atomic mass is 32.2. The zero-order valence-electron chi connectivity index (χ0n) is 15.6. The second kappa shape index (κ2) is 10.3. The lowest BCUT2D eigenvalue weighted by atomic mass is 10.1. The molecule has 1 unspecified atom stereocenters. The van der Waals surface area contributed by atoms with E-state index in [0.29, 0.717) is 17.9 Å². The van der Waals surface area contributed by atoms with Gasteiger partial charge in [0, 0.05) is 5.69 Å². The number of amides is 3. The van der Waals surface area contributed by atoms with Gasteiger partial charge in [-0.2, -0.15) is 11.8 Å². The molecular weight excluding hydrogens is 422 g/mol. The molecule has 11 heteroatoms. The van der Waals surface area contributed by atoms with Gasteiger partial charge < -0.3 is 5.32 Å². The van der Waals surface area contributed by atoms with Crippen LogP contribution in [0.25, 0.3) is 0 Å². The maximum atomic E-state index is 12.5. The van der Waals surface area contributed by atoms with Crippen molar-refractivity contribution in [2.45, 2.75) is 25.9 Å². The average Bonchev–Trinajstić information content (AvgIpc) is 2.98. The van der Waals surface area contributed by atoms with Crippen LogP contribution in [0.5, 0.6) is 0 Å². The Hall–Kier alpha value is -1.56. The first-order chi connectivity index (χ1) is 13.3. The zero-order chi connectivity index (χ0) is 20.7. The third-order valence-electron chi connectivity index (χ3n) is 4.03. The van der Waals surface area contributed by atoms with Crippen LogP contribution in [0.15, 0.2) is 24.3 Å². The second-order valence-electron chi connectivity index (χ2n) is 6.08. The van der Waals surface area contributed by atoms with Gasteiger partial charge >= 0.3 is 0 Å². The molecule has 154 valence electrons. The van der Waals surface area contributed by atoms with Crippen LogP contribution in [-0.2, 0) is 26.2 Å². The lowest BCUT2D eigenvalue weighted by Gasteiger charge is -2.18. The number of nitrogens with one attached hydrogen (secondary N) is 2. The molecule has 2 rings (SSSR count). The van der Waals surface area contributed by atoms with Crippen LogP contribution in [0, 0.1) is 0 Å². The summed E-state index contributed by atoms with van der Waals surface area (Å²) in [4.78, 5) is 37.0. The highest BCUT2D eigenvalue weighted by Crippen LogP contribution is 2.22. The van der Waals surface area contributed by atoms with Crippen molar-refractivity contribution in [3.63, 3.8) is 0 Å². The minimum absolute atomic E-state index is 0.100. The van der Waals surface area contributed by atoms with Crippen LogP contribution in [-0.4, -0.2) is 59.9 Å². The molecule has 0 aromatic heterocycles. The largest absolute Gasteiger partial charge is 0.325 e. The first-order valence-corrected chi connectivity index (χ1v) is 12.6. The Kier molecular flexibility index (Phi) is 8.35. The van der Waals surface area contributed by atoms with Crippen LogP contribution in [0.1, 0.15) is 18.9 Å². The van der Waals surface area contributed by atoms with Crippen molar-refractivity contribution in [2.24, 2.45) is 0 Å². The Morgan fingerprint density at radius 2 is 1.96 bits per heavy atom. The predicted octanol–water partition coefficient (Wildman–Crippen LogP) is 1.88. The van der Waals surface area contributed by atoms with Gasteiger partial charge in [0.1, 0.15) is 6.04 Å². The van der Waals surface area contributed by atoms with E-state index in [-0.39, 0.29) is 29.2 Å². The van der Waals surface area contributed by atoms with E-state index in [9.17, 15) is 22.8 Å². The summed E-state index contributed by atoms with van der Waals surface area (Å²) in [6.45, 7) is 1.70. The van der Waals surface area contributed by atoms with Crippen LogP contribution in [0.4, 0.5) is 10.5 Å². The first kappa shape index (κ1) is 22.7. The zero-order valence-corrected chi connectivity index (χ0v) is 18.1. The van der Waals surface area contributed by atoms with E-state index in [2.05, 4.69) is 10.0 Å². The van der Waals surface area contributed by atoms with Crippen molar-refractivity contribution in [3.05, 3.63) is 29.8 Å². The normalized spacial score (nSPS) is 15.7. The summed E-state index contributed by atoms with van der Waals surface area (Å²) in [6.07, 6.45) is 2.26. The van der Waals surface area contributed by atoms with E-state index in [4.69, 9.17) is 0 Å². The Labute approximate surface area is 173 Å². The predicted molar refractivity (Wildman–Crippen MR) is 113 cm³/mol. The fraction of sp³-hybridized carbons (Fsp3) is 0.471. The Morgan fingerprint density at radius 3 is 2.50 bits per heavy atom. The third-order valence-corrected chi connectivity index (χ3v) is 6.94. The van der Waals surface area contributed by atoms with Crippen LogP contribution >= 0.6 is 23.5 Å². The number of thioether (sulfide) groups is 2. The van der Waals surface area contributed by atoms with Gasteiger partial charge in [-0.3, -0.25) is 19.3 Å². The van der Waals surface area contributed by atoms with E-state index in [1.807, 2.05) is 6.26 Å². The number of hydrogen-bond acceptors (Lipinski definition) is 7. The molecule has 2 N–H and O–H groups in total. The standard InChI is InChI=1S/C17H23N3O5S3/c1-3-28(24,25)19-14(8-9-26-2)16(22)18-13-6-4-12(5-7-13)10-20-15(21)11-27-17(20)23/h4-7,14,19H,3,8-11H2,1-2H3,(H,18,22). The van der Waals surface area contributed by atoms with Crippen molar-refractivity contribution < 1.29 is 22.8 Å². The Balaban J connectivity index is 2.01. The number of carbonyl (C=O) groups excluding carboxylic acids is 3. The molecule has 1 aliphatic rings. The number of anilines is 1. The van der Waals surface area contributed by atoms with E-state index in [1.165, 1.54) is 23.6 Å². The highest BCUT2D eigenvalue weighted by Gasteiger charge is 2.29. The SMILES string of the molecule is CCS(=O)(=O)NC(CCSC)C(=O)Nc1ccc(CN2C(=O)CSC2=O)cc1. The minimum Gasteiger partial charge on any atom is -0.325 e. The molecule has 1 aromatic rings. The Bertz CT molecular complexity index is 811. The van der Waals surface area contributed by atoms with Gasteiger partial charge in [0.15, 0.2) is 0 Å². The molecule has 3 amide bonds. The smallest absolute Gasteiger partial charge is 0.289 e. The topological polar surface area (TPSA) is 113 Å². The molecule has 1 aromatic carbocycles. The molecule has 1 fully saturated rings. The van der Waals surface area contributed by atoms with Gasteiger partial charge in [-0.25, -0.2) is 13.1 Å². The monoisotopic (exact) mass is 445 g/mol. The Morgan fingerprint density at radius 1 is 1.29 bits per heavy atom. The van der Waals surface area contributed by atoms with Crippen molar-refractivity contribution in [2.75, 3.05) is 28.8 Å². The second-order valence-corrected chi connectivity index (χ2v) is 10.0. The summed E-state index contributed by atoms with van der Waals surface area (Å²) < 4.78 is 26.1. The third kappa shape index (κ3) is 6.50. The maximum absolute atomic E-state index is 12.5. The average molecular weight is 446 g/mol. The van der Waals surface area contributed by atoms with E-state index in [0.717, 1.165) is 17.3 Å². The van der Waals surface area contributed by atoms with Crippen LogP contribution in [0.2, 0.25) is 0 Å². The number of carbonyl (C=O) groups is 3. The molecule has 1 aliphatic heterocycles. The van der Waals surface area contributed by atoms with Crippen molar-refractivity contribution in [1.29, 1.82) is 0 Å². The van der Waals surface area contributed by atoms with Gasteiger partial charge in [-0.1, -0.05) is 23.9 Å². The number of benzene rings is 1. The summed E-state index contributed by atoms with van der Waals surface area (Å²) >= 11 is 2.51. The molecule has 1 atom stereocenters. The van der Waals surface area contributed by atoms with Crippen LogP contribution in [0.3, 0.4) is 0 Å². The van der Waals surface area contributed by atoms with Gasteiger partial charge in [-0.05, 0) is 43.0 Å². The molecular formula is C17H23N3O5S3. The number of hydrogen-bond donors (Lipinski definition) is 2. The van der Waals surface area contributed by atoms with Crippen molar-refractivity contribution in [1.82, 2.24) is 9.62 Å². The molecule has 8 nitrogen and oxygen atoms in total. The minimum atomic E-state index is -3.51. The number of imide groups is 1. The number of rotatable bonds is 10. The van der Waals surface area contributed by atoms with Gasteiger partial charge in [0.05, 0.1) is 18.1 Å². The molecule has 0 saturated carbocycles. The quantitative estimate of drug-likeness (QED) is 0.565. The van der Waals surface area contributed by atoms with E-state index < -0.39 is 22.0 Å². The highest BCUT2D eigenvalue weighted by molar-refractivity contribution is 8.14. The molecule has 0 spiro atoms. The summed E-state index contributed by atoms with van der Waals surface area (Å²) in [5, 5.41) is 2.45. The van der Waals surface area contributed by atoms with Gasteiger partial charge in [-0.15, -0.1) is 0 Å². The van der Waals surface area contributed by atoms with Crippen molar-refractivity contribution >= 4 is 56.3 Å². The van der Waals surface area contributed by atoms with E-state index in [1.54, 1.807) is 24.3 Å². The summed E-state index contributed by atoms with van der Waals surface area (Å²) in [6, 6.07) is 5.89. The van der Waals surface area contributed by atoms with Gasteiger partial charge in [0.25, 0.3) is 5.24 Å². The first-order valence-electron chi connectivity index (χ1n) is 8.61.